The summed E-state index contributed by atoms with van der Waals surface area (Å²) in [6.07, 6.45) is 6.19. The first-order chi connectivity index (χ1) is 18.5. The molecule has 1 aliphatic heterocycles. The predicted molar refractivity (Wildman–Crippen MR) is 151 cm³/mol. The maximum atomic E-state index is 13.4. The van der Waals surface area contributed by atoms with Gasteiger partial charge in [-0.2, -0.15) is 0 Å². The molecule has 5 rings (SSSR count). The van der Waals surface area contributed by atoms with Gasteiger partial charge in [0.25, 0.3) is 5.91 Å². The Morgan fingerprint density at radius 1 is 1.08 bits per heavy atom. The number of likely N-dealkylation sites (tertiary alicyclic amines) is 1. The van der Waals surface area contributed by atoms with Crippen LogP contribution in [0.1, 0.15) is 40.0 Å². The molecule has 38 heavy (non-hydrogen) atoms. The zero-order chi connectivity index (χ0) is 26.5. The second-order valence-corrected chi connectivity index (χ2v) is 10.0. The van der Waals surface area contributed by atoms with Crippen LogP contribution in [0.3, 0.4) is 0 Å². The van der Waals surface area contributed by atoms with Crippen molar-refractivity contribution in [1.82, 2.24) is 19.8 Å². The number of carbonyl (C=O) groups is 1. The van der Waals surface area contributed by atoms with Gasteiger partial charge >= 0.3 is 0 Å². The van der Waals surface area contributed by atoms with Gasteiger partial charge < -0.3 is 19.9 Å². The summed E-state index contributed by atoms with van der Waals surface area (Å²) in [5.74, 6) is 1.22. The first kappa shape index (κ1) is 25.7. The summed E-state index contributed by atoms with van der Waals surface area (Å²) >= 11 is 0. The summed E-state index contributed by atoms with van der Waals surface area (Å²) in [6.45, 7) is 6.85. The quantitative estimate of drug-likeness (QED) is 0.318. The lowest BCUT2D eigenvalue weighted by molar-refractivity contribution is 0.102. The molecule has 0 bridgehead atoms. The van der Waals surface area contributed by atoms with Gasteiger partial charge in [0.2, 0.25) is 0 Å². The highest BCUT2D eigenvalue weighted by Crippen LogP contribution is 2.27. The Balaban J connectivity index is 1.39. The van der Waals surface area contributed by atoms with Crippen LogP contribution in [0.15, 0.2) is 79.3 Å². The zero-order valence-corrected chi connectivity index (χ0v) is 22.3. The summed E-state index contributed by atoms with van der Waals surface area (Å²) in [7, 11) is 2.03. The predicted octanol–water partition coefficient (Wildman–Crippen LogP) is 5.72. The lowest BCUT2D eigenvalue weighted by Gasteiger charge is -2.32. The molecule has 1 saturated heterocycles. The molecule has 1 unspecified atom stereocenters. The van der Waals surface area contributed by atoms with Crippen molar-refractivity contribution in [2.24, 2.45) is 0 Å². The normalized spacial score (nSPS) is 15.8. The lowest BCUT2D eigenvalue weighted by Crippen LogP contribution is -2.43. The van der Waals surface area contributed by atoms with E-state index in [1.54, 1.807) is 6.07 Å². The number of hydrogen-bond acceptors (Lipinski definition) is 5. The van der Waals surface area contributed by atoms with Crippen molar-refractivity contribution in [3.63, 3.8) is 0 Å². The van der Waals surface area contributed by atoms with Crippen molar-refractivity contribution >= 4 is 11.6 Å². The molecule has 1 amide bonds. The molecule has 2 N–H and O–H groups in total. The van der Waals surface area contributed by atoms with Crippen molar-refractivity contribution in [3.8, 4) is 17.2 Å². The second kappa shape index (κ2) is 11.6. The smallest absolute Gasteiger partial charge is 0.255 e. The van der Waals surface area contributed by atoms with E-state index in [-0.39, 0.29) is 5.91 Å². The standard InChI is InChI=1S/C31H35N5O2/c1-22-11-12-25(16-30(22)38-29-9-5-4-6-10-29)31(37)34-27-14-24(19-35-13-7-8-26(20-35)32-3)15-28(17-27)36-18-23(2)33-21-36/h4-6,9-12,14-18,21,26,32H,7-8,13,19-20H2,1-3H3,(H,34,37). The average molecular weight is 510 g/mol. The van der Waals surface area contributed by atoms with E-state index >= 15 is 0 Å². The fraction of sp³-hybridized carbons (Fsp3) is 0.290. The van der Waals surface area contributed by atoms with Gasteiger partial charge in [0.05, 0.1) is 12.0 Å². The summed E-state index contributed by atoms with van der Waals surface area (Å²) < 4.78 is 8.05. The minimum absolute atomic E-state index is 0.180. The van der Waals surface area contributed by atoms with Crippen LogP contribution in [0.2, 0.25) is 0 Å². The van der Waals surface area contributed by atoms with Crippen LogP contribution in [-0.4, -0.2) is 46.5 Å². The van der Waals surface area contributed by atoms with E-state index < -0.39 is 0 Å². The molecule has 0 radical (unpaired) electrons. The minimum Gasteiger partial charge on any atom is -0.457 e. The SMILES string of the molecule is CNC1CCCN(Cc2cc(NC(=O)c3ccc(C)c(Oc4ccccc4)c3)cc(-n3cnc(C)c3)c2)C1. The molecule has 1 aliphatic rings. The van der Waals surface area contributed by atoms with E-state index in [1.807, 2.05) is 86.5 Å². The Morgan fingerprint density at radius 2 is 1.92 bits per heavy atom. The van der Waals surface area contributed by atoms with Crippen molar-refractivity contribution in [3.05, 3.63) is 102 Å². The van der Waals surface area contributed by atoms with E-state index in [2.05, 4.69) is 32.7 Å². The van der Waals surface area contributed by atoms with Gasteiger partial charge in [0, 0.05) is 42.3 Å². The zero-order valence-electron chi connectivity index (χ0n) is 22.3. The molecule has 2 heterocycles. The largest absolute Gasteiger partial charge is 0.457 e. The number of imidazole rings is 1. The number of hydrogen-bond donors (Lipinski definition) is 2. The van der Waals surface area contributed by atoms with Gasteiger partial charge in [0.1, 0.15) is 11.5 Å². The fourth-order valence-corrected chi connectivity index (χ4v) is 4.91. The number of para-hydroxylation sites is 1. The maximum Gasteiger partial charge on any atom is 0.255 e. The Labute approximate surface area is 224 Å². The van der Waals surface area contributed by atoms with Crippen LogP contribution in [0, 0.1) is 13.8 Å². The number of anilines is 1. The number of piperidine rings is 1. The molecule has 1 fully saturated rings. The number of benzene rings is 3. The minimum atomic E-state index is -0.180. The number of ether oxygens (including phenoxy) is 1. The summed E-state index contributed by atoms with van der Waals surface area (Å²) in [5, 5.41) is 6.54. The second-order valence-electron chi connectivity index (χ2n) is 10.0. The molecule has 1 atom stereocenters. The highest BCUT2D eigenvalue weighted by Gasteiger charge is 2.19. The molecule has 4 aromatic rings. The molecule has 0 saturated carbocycles. The fourth-order valence-electron chi connectivity index (χ4n) is 4.91. The van der Waals surface area contributed by atoms with Gasteiger partial charge in [-0.05, 0) is 93.9 Å². The van der Waals surface area contributed by atoms with Gasteiger partial charge in [-0.25, -0.2) is 4.98 Å². The third-order valence-electron chi connectivity index (χ3n) is 6.99. The van der Waals surface area contributed by atoms with E-state index in [9.17, 15) is 4.79 Å². The average Bonchev–Trinajstić information content (AvgIpc) is 3.37. The molecule has 0 spiro atoms. The number of rotatable bonds is 8. The monoisotopic (exact) mass is 509 g/mol. The van der Waals surface area contributed by atoms with Crippen LogP contribution < -0.4 is 15.4 Å². The molecule has 1 aromatic heterocycles. The number of carbonyl (C=O) groups excluding carboxylic acids is 1. The van der Waals surface area contributed by atoms with Gasteiger partial charge in [-0.1, -0.05) is 24.3 Å². The Bertz CT molecular complexity index is 1400. The molecule has 7 nitrogen and oxygen atoms in total. The van der Waals surface area contributed by atoms with E-state index in [4.69, 9.17) is 4.74 Å². The number of likely N-dealkylation sites (N-methyl/N-ethyl adjacent to an activating group) is 1. The number of amides is 1. The summed E-state index contributed by atoms with van der Waals surface area (Å²) in [4.78, 5) is 20.2. The molecule has 196 valence electrons. The number of nitrogens with zero attached hydrogens (tertiary/aromatic N) is 3. The Kier molecular flexibility index (Phi) is 7.86. The van der Waals surface area contributed by atoms with Crippen molar-refractivity contribution in [2.45, 2.75) is 39.3 Å². The van der Waals surface area contributed by atoms with Crippen LogP contribution in [0.25, 0.3) is 5.69 Å². The Morgan fingerprint density at radius 3 is 2.68 bits per heavy atom. The molecule has 7 heteroatoms. The van der Waals surface area contributed by atoms with Crippen molar-refractivity contribution < 1.29 is 9.53 Å². The third-order valence-corrected chi connectivity index (χ3v) is 6.99. The topological polar surface area (TPSA) is 71.4 Å². The Hall–Kier alpha value is -3.94. The van der Waals surface area contributed by atoms with Crippen LogP contribution in [0.5, 0.6) is 11.5 Å². The maximum absolute atomic E-state index is 13.4. The van der Waals surface area contributed by atoms with E-state index in [0.717, 1.165) is 53.6 Å². The molecular formula is C31H35N5O2. The van der Waals surface area contributed by atoms with Crippen LogP contribution in [-0.2, 0) is 6.54 Å². The molecular weight excluding hydrogens is 474 g/mol. The molecule has 0 aliphatic carbocycles. The first-order valence-corrected chi connectivity index (χ1v) is 13.2. The van der Waals surface area contributed by atoms with Crippen LogP contribution >= 0.6 is 0 Å². The van der Waals surface area contributed by atoms with Crippen LogP contribution in [0.4, 0.5) is 5.69 Å². The van der Waals surface area contributed by atoms with E-state index in [0.29, 0.717) is 17.4 Å². The van der Waals surface area contributed by atoms with E-state index in [1.165, 1.54) is 12.8 Å². The van der Waals surface area contributed by atoms with Gasteiger partial charge in [0.15, 0.2) is 0 Å². The lowest BCUT2D eigenvalue weighted by atomic mass is 10.0. The number of aryl methyl sites for hydroxylation is 2. The third kappa shape index (κ3) is 6.30. The summed E-state index contributed by atoms with van der Waals surface area (Å²) in [6, 6.07) is 21.9. The van der Waals surface area contributed by atoms with Crippen molar-refractivity contribution in [2.75, 3.05) is 25.5 Å². The van der Waals surface area contributed by atoms with Gasteiger partial charge in [-0.3, -0.25) is 9.69 Å². The van der Waals surface area contributed by atoms with Gasteiger partial charge in [-0.15, -0.1) is 0 Å². The van der Waals surface area contributed by atoms with Crippen molar-refractivity contribution in [1.29, 1.82) is 0 Å². The number of aromatic nitrogens is 2. The molecule has 3 aromatic carbocycles. The highest BCUT2D eigenvalue weighted by molar-refractivity contribution is 6.04. The number of nitrogens with one attached hydrogen (secondary N) is 2. The first-order valence-electron chi connectivity index (χ1n) is 13.2. The highest BCUT2D eigenvalue weighted by atomic mass is 16.5. The summed E-state index contributed by atoms with van der Waals surface area (Å²) in [5.41, 5.74) is 5.32.